The van der Waals surface area contributed by atoms with Gasteiger partial charge in [-0.15, -0.1) is 11.3 Å². The first-order chi connectivity index (χ1) is 9.87. The Morgan fingerprint density at radius 1 is 1.52 bits per heavy atom. The Bertz CT molecular complexity index is 604. The van der Waals surface area contributed by atoms with Crippen LogP contribution < -0.4 is 4.72 Å². The van der Waals surface area contributed by atoms with Crippen LogP contribution in [0.4, 0.5) is 0 Å². The van der Waals surface area contributed by atoms with E-state index < -0.39 is 16.0 Å². The average molecular weight is 333 g/mol. The second kappa shape index (κ2) is 6.43. The van der Waals surface area contributed by atoms with Crippen molar-refractivity contribution in [2.45, 2.75) is 37.5 Å². The Balaban J connectivity index is 1.99. The summed E-state index contributed by atoms with van der Waals surface area (Å²) in [5, 5.41) is 10.6. The van der Waals surface area contributed by atoms with Crippen molar-refractivity contribution < 1.29 is 23.1 Å². The number of hydrogen-bond donors (Lipinski definition) is 2. The summed E-state index contributed by atoms with van der Waals surface area (Å²) in [6.07, 6.45) is 2.74. The first-order valence-electron chi connectivity index (χ1n) is 6.78. The molecule has 1 aromatic heterocycles. The van der Waals surface area contributed by atoms with Gasteiger partial charge < -0.3 is 9.84 Å². The van der Waals surface area contributed by atoms with Crippen molar-refractivity contribution in [2.75, 3.05) is 13.2 Å². The Kier molecular flexibility index (Phi) is 5.03. The van der Waals surface area contributed by atoms with Crippen LogP contribution in [0, 0.1) is 0 Å². The molecule has 0 atom stereocenters. The maximum Gasteiger partial charge on any atom is 0.346 e. The molecule has 0 aromatic carbocycles. The second-order valence-corrected chi connectivity index (χ2v) is 7.85. The van der Waals surface area contributed by atoms with Crippen molar-refractivity contribution in [3.63, 3.8) is 0 Å². The van der Waals surface area contributed by atoms with Crippen LogP contribution in [0.15, 0.2) is 11.4 Å². The SMILES string of the molecule is CCOC1(CNS(=O)(=O)Cc2ccsc2C(=O)O)CCC1. The van der Waals surface area contributed by atoms with Crippen molar-refractivity contribution in [3.8, 4) is 0 Å². The van der Waals surface area contributed by atoms with E-state index in [1.165, 1.54) is 6.07 Å². The third-order valence-corrected chi connectivity index (χ3v) is 5.84. The molecule has 1 aromatic rings. The molecule has 0 radical (unpaired) electrons. The molecule has 0 spiro atoms. The molecule has 0 aliphatic heterocycles. The molecule has 0 amide bonds. The molecule has 1 saturated carbocycles. The van der Waals surface area contributed by atoms with E-state index in [0.717, 1.165) is 30.6 Å². The van der Waals surface area contributed by atoms with Crippen LogP contribution in [0.25, 0.3) is 0 Å². The van der Waals surface area contributed by atoms with E-state index in [9.17, 15) is 13.2 Å². The lowest BCUT2D eigenvalue weighted by Gasteiger charge is -2.41. The number of carboxylic acid groups (broad SMARTS) is 1. The Morgan fingerprint density at radius 2 is 2.24 bits per heavy atom. The summed E-state index contributed by atoms with van der Waals surface area (Å²) < 4.78 is 32.4. The third kappa shape index (κ3) is 4.03. The molecule has 0 bridgehead atoms. The normalized spacial score (nSPS) is 17.4. The van der Waals surface area contributed by atoms with Crippen molar-refractivity contribution in [2.24, 2.45) is 0 Å². The number of ether oxygens (including phenoxy) is 1. The maximum absolute atomic E-state index is 12.1. The minimum absolute atomic E-state index is 0.0727. The van der Waals surface area contributed by atoms with Gasteiger partial charge >= 0.3 is 5.97 Å². The van der Waals surface area contributed by atoms with E-state index in [4.69, 9.17) is 9.84 Å². The summed E-state index contributed by atoms with van der Waals surface area (Å²) >= 11 is 1.03. The molecule has 118 valence electrons. The molecule has 2 N–H and O–H groups in total. The van der Waals surface area contributed by atoms with Gasteiger partial charge in [-0.3, -0.25) is 0 Å². The van der Waals surface area contributed by atoms with Crippen LogP contribution in [-0.4, -0.2) is 38.2 Å². The standard InChI is InChI=1S/C13H19NO5S2/c1-2-19-13(5-3-6-13)9-14-21(17,18)8-10-4-7-20-11(10)12(15)16/h4,7,14H,2-3,5-6,8-9H2,1H3,(H,15,16). The van der Waals surface area contributed by atoms with Crippen molar-refractivity contribution in [1.82, 2.24) is 4.72 Å². The van der Waals surface area contributed by atoms with E-state index in [0.29, 0.717) is 12.2 Å². The van der Waals surface area contributed by atoms with Gasteiger partial charge in [-0.1, -0.05) is 0 Å². The van der Waals surface area contributed by atoms with E-state index in [2.05, 4.69) is 4.72 Å². The van der Waals surface area contributed by atoms with Gasteiger partial charge in [0.1, 0.15) is 4.88 Å². The number of carbonyl (C=O) groups is 1. The fourth-order valence-corrected chi connectivity index (χ4v) is 4.47. The molecule has 21 heavy (non-hydrogen) atoms. The predicted octanol–water partition coefficient (Wildman–Crippen LogP) is 1.82. The number of rotatable bonds is 8. The summed E-state index contributed by atoms with van der Waals surface area (Å²) in [6, 6.07) is 1.54. The van der Waals surface area contributed by atoms with E-state index >= 15 is 0 Å². The molecular weight excluding hydrogens is 314 g/mol. The van der Waals surface area contributed by atoms with Gasteiger partial charge in [0.15, 0.2) is 0 Å². The number of hydrogen-bond acceptors (Lipinski definition) is 5. The molecule has 0 saturated heterocycles. The molecular formula is C13H19NO5S2. The third-order valence-electron chi connectivity index (χ3n) is 3.62. The molecule has 1 fully saturated rings. The van der Waals surface area contributed by atoms with Gasteiger partial charge in [0, 0.05) is 13.2 Å². The average Bonchev–Trinajstić information content (AvgIpc) is 2.80. The highest BCUT2D eigenvalue weighted by Crippen LogP contribution is 2.35. The topological polar surface area (TPSA) is 92.7 Å². The minimum Gasteiger partial charge on any atom is -0.477 e. The summed E-state index contributed by atoms with van der Waals surface area (Å²) in [7, 11) is -3.57. The molecule has 6 nitrogen and oxygen atoms in total. The van der Waals surface area contributed by atoms with Crippen molar-refractivity contribution in [3.05, 3.63) is 21.9 Å². The molecule has 0 unspecified atom stereocenters. The second-order valence-electron chi connectivity index (χ2n) is 5.13. The van der Waals surface area contributed by atoms with E-state index in [-0.39, 0.29) is 22.8 Å². The highest BCUT2D eigenvalue weighted by atomic mass is 32.2. The summed E-state index contributed by atoms with van der Waals surface area (Å²) in [4.78, 5) is 11.1. The highest BCUT2D eigenvalue weighted by molar-refractivity contribution is 7.88. The Hall–Kier alpha value is -0.960. The Labute approximate surface area is 128 Å². The monoisotopic (exact) mass is 333 g/mol. The van der Waals surface area contributed by atoms with Crippen LogP contribution in [0.1, 0.15) is 41.4 Å². The van der Waals surface area contributed by atoms with Crippen LogP contribution in [0.2, 0.25) is 0 Å². The van der Waals surface area contributed by atoms with Gasteiger partial charge in [0.25, 0.3) is 0 Å². The largest absolute Gasteiger partial charge is 0.477 e. The minimum atomic E-state index is -3.57. The lowest BCUT2D eigenvalue weighted by Crippen LogP contribution is -2.50. The number of carboxylic acids is 1. The lowest BCUT2D eigenvalue weighted by atomic mass is 9.80. The maximum atomic E-state index is 12.1. The van der Waals surface area contributed by atoms with E-state index in [1.54, 1.807) is 5.38 Å². The van der Waals surface area contributed by atoms with Gasteiger partial charge in [0.2, 0.25) is 10.0 Å². The summed E-state index contributed by atoms with van der Waals surface area (Å²) in [6.45, 7) is 2.68. The predicted molar refractivity (Wildman–Crippen MR) is 80.1 cm³/mol. The van der Waals surface area contributed by atoms with Crippen LogP contribution in [-0.2, 0) is 20.5 Å². The quantitative estimate of drug-likeness (QED) is 0.757. The molecule has 2 rings (SSSR count). The van der Waals surface area contributed by atoms with Crippen LogP contribution >= 0.6 is 11.3 Å². The number of aromatic carboxylic acids is 1. The van der Waals surface area contributed by atoms with Crippen molar-refractivity contribution in [1.29, 1.82) is 0 Å². The molecule has 8 heteroatoms. The first-order valence-corrected chi connectivity index (χ1v) is 9.32. The van der Waals surface area contributed by atoms with E-state index in [1.807, 2.05) is 6.92 Å². The van der Waals surface area contributed by atoms with Gasteiger partial charge in [-0.05, 0) is 43.2 Å². The van der Waals surface area contributed by atoms with Crippen molar-refractivity contribution >= 4 is 27.3 Å². The fourth-order valence-electron chi connectivity index (χ4n) is 2.38. The fraction of sp³-hybridized carbons (Fsp3) is 0.615. The highest BCUT2D eigenvalue weighted by Gasteiger charge is 2.38. The summed E-state index contributed by atoms with van der Waals surface area (Å²) in [5.74, 6) is -1.42. The molecule has 1 aliphatic rings. The first kappa shape index (κ1) is 16.4. The van der Waals surface area contributed by atoms with Gasteiger partial charge in [-0.25, -0.2) is 17.9 Å². The summed E-state index contributed by atoms with van der Waals surface area (Å²) in [5.41, 5.74) is -0.0643. The molecule has 1 heterocycles. The van der Waals surface area contributed by atoms with Crippen LogP contribution in [0.3, 0.4) is 0 Å². The zero-order valence-electron chi connectivity index (χ0n) is 11.8. The smallest absolute Gasteiger partial charge is 0.346 e. The van der Waals surface area contributed by atoms with Gasteiger partial charge in [-0.2, -0.15) is 0 Å². The Morgan fingerprint density at radius 3 is 2.76 bits per heavy atom. The van der Waals surface area contributed by atoms with Crippen LogP contribution in [0.5, 0.6) is 0 Å². The van der Waals surface area contributed by atoms with Gasteiger partial charge in [0.05, 0.1) is 11.4 Å². The molecule has 1 aliphatic carbocycles. The zero-order valence-corrected chi connectivity index (χ0v) is 13.4. The number of sulfonamides is 1. The zero-order chi connectivity index (χ0) is 15.5. The number of nitrogens with one attached hydrogen (secondary N) is 1. The lowest BCUT2D eigenvalue weighted by molar-refractivity contribution is -0.0892. The number of thiophene rings is 1.